The molecular weight excluding hydrogens is 340 g/mol. The number of hydrogen-bond donors (Lipinski definition) is 6. The molecule has 0 spiro atoms. The largest absolute Gasteiger partial charge is 0.480 e. The molecule has 6 atom stereocenters. The number of aliphatic hydroxyl groups is 4. The Bertz CT molecular complexity index is 662. The van der Waals surface area contributed by atoms with Gasteiger partial charge in [0, 0.05) is 18.8 Å². The van der Waals surface area contributed by atoms with E-state index in [9.17, 15) is 24.9 Å². The van der Waals surface area contributed by atoms with Gasteiger partial charge in [-0.1, -0.05) is 0 Å². The predicted octanol–water partition coefficient (Wildman–Crippen LogP) is -3.56. The van der Waals surface area contributed by atoms with Crippen molar-refractivity contribution in [2.45, 2.75) is 43.3 Å². The normalized spacial score (nSPS) is 30.7. The summed E-state index contributed by atoms with van der Waals surface area (Å²) in [5, 5.41) is 47.3. The highest BCUT2D eigenvalue weighted by molar-refractivity contribution is 5.72. The predicted molar refractivity (Wildman–Crippen MR) is 80.7 cm³/mol. The summed E-state index contributed by atoms with van der Waals surface area (Å²) in [6, 6.07) is -0.101. The summed E-state index contributed by atoms with van der Waals surface area (Å²) in [6.45, 7) is -0.780. The maximum Gasteiger partial charge on any atom is 0.322 e. The second-order valence-corrected chi connectivity index (χ2v) is 5.63. The number of hydrogen-bond acceptors (Lipinski definition) is 9. The van der Waals surface area contributed by atoms with Crippen molar-refractivity contribution in [2.75, 3.05) is 6.61 Å². The molecule has 7 N–H and O–H groups in total. The van der Waals surface area contributed by atoms with E-state index in [4.69, 9.17) is 25.4 Å². The van der Waals surface area contributed by atoms with Gasteiger partial charge in [0.25, 0.3) is 0 Å². The number of carbonyl (C=O) groups is 1. The molecule has 1 aliphatic heterocycles. The first kappa shape index (κ1) is 19.3. The van der Waals surface area contributed by atoms with E-state index in [1.165, 1.54) is 17.0 Å². The number of pyridine rings is 1. The molecule has 0 radical (unpaired) electrons. The molecule has 1 aromatic rings. The van der Waals surface area contributed by atoms with Gasteiger partial charge in [-0.2, -0.15) is 0 Å². The van der Waals surface area contributed by atoms with E-state index in [1.54, 1.807) is 0 Å². The van der Waals surface area contributed by atoms with Crippen molar-refractivity contribution in [1.82, 2.24) is 4.57 Å². The first-order valence-electron chi connectivity index (χ1n) is 7.40. The lowest BCUT2D eigenvalue weighted by atomic mass is 9.99. The van der Waals surface area contributed by atoms with Gasteiger partial charge in [-0.15, -0.1) is 0 Å². The molecule has 140 valence electrons. The lowest BCUT2D eigenvalue weighted by Crippen LogP contribution is -2.60. The van der Waals surface area contributed by atoms with E-state index in [1.807, 2.05) is 0 Å². The van der Waals surface area contributed by atoms with E-state index >= 15 is 0 Å². The molecule has 2 rings (SSSR count). The average molecular weight is 360 g/mol. The van der Waals surface area contributed by atoms with E-state index in [0.717, 1.165) is 6.07 Å². The Balaban J connectivity index is 2.18. The van der Waals surface area contributed by atoms with Crippen molar-refractivity contribution >= 4 is 5.97 Å². The fourth-order valence-corrected chi connectivity index (χ4v) is 2.30. The van der Waals surface area contributed by atoms with Gasteiger partial charge in [-0.3, -0.25) is 9.59 Å². The molecule has 2 heterocycles. The SMILES string of the molecule is NC(Cn1ccc(=O)c(OC2OC(CO)C(O)C(O)C2O)c1)C(=O)O. The molecule has 1 fully saturated rings. The molecule has 0 amide bonds. The first-order chi connectivity index (χ1) is 11.7. The van der Waals surface area contributed by atoms with Crippen LogP contribution in [0.5, 0.6) is 5.75 Å². The summed E-state index contributed by atoms with van der Waals surface area (Å²) in [6.07, 6.45) is -5.10. The Morgan fingerprint density at radius 2 is 2.00 bits per heavy atom. The number of aliphatic carboxylic acids is 1. The van der Waals surface area contributed by atoms with E-state index in [0.29, 0.717) is 0 Å². The van der Waals surface area contributed by atoms with Crippen LogP contribution < -0.4 is 15.9 Å². The minimum Gasteiger partial charge on any atom is -0.480 e. The zero-order valence-corrected chi connectivity index (χ0v) is 13.0. The van der Waals surface area contributed by atoms with Crippen LogP contribution in [0.2, 0.25) is 0 Å². The van der Waals surface area contributed by atoms with Gasteiger partial charge in [-0.05, 0) is 0 Å². The van der Waals surface area contributed by atoms with Gasteiger partial charge >= 0.3 is 5.97 Å². The van der Waals surface area contributed by atoms with Crippen molar-refractivity contribution in [3.8, 4) is 5.75 Å². The minimum atomic E-state index is -1.67. The van der Waals surface area contributed by atoms with Crippen molar-refractivity contribution in [3.05, 3.63) is 28.7 Å². The highest BCUT2D eigenvalue weighted by atomic mass is 16.7. The average Bonchev–Trinajstić information content (AvgIpc) is 2.58. The van der Waals surface area contributed by atoms with Crippen molar-refractivity contribution in [2.24, 2.45) is 5.73 Å². The molecule has 0 saturated carbocycles. The number of aromatic nitrogens is 1. The van der Waals surface area contributed by atoms with Crippen LogP contribution in [0, 0.1) is 0 Å². The highest BCUT2D eigenvalue weighted by Gasteiger charge is 2.44. The molecule has 1 aliphatic rings. The highest BCUT2D eigenvalue weighted by Crippen LogP contribution is 2.22. The summed E-state index contributed by atoms with van der Waals surface area (Å²) in [5.74, 6) is -1.51. The number of rotatable bonds is 6. The monoisotopic (exact) mass is 360 g/mol. The van der Waals surface area contributed by atoms with Gasteiger partial charge in [0.2, 0.25) is 11.7 Å². The molecule has 0 bridgehead atoms. The van der Waals surface area contributed by atoms with Gasteiger partial charge in [-0.25, -0.2) is 0 Å². The number of ether oxygens (including phenoxy) is 2. The third kappa shape index (κ3) is 4.34. The molecule has 11 heteroatoms. The van der Waals surface area contributed by atoms with Crippen LogP contribution in [0.3, 0.4) is 0 Å². The fourth-order valence-electron chi connectivity index (χ4n) is 2.30. The standard InChI is InChI=1S/C14H20N2O9/c15-6(13(22)23)3-16-2-1-7(18)8(4-16)24-14-12(21)11(20)10(19)9(5-17)25-14/h1-2,4,6,9-12,14,17,19-21H,3,5,15H2,(H,22,23). The number of nitrogens with two attached hydrogens (primary N) is 1. The lowest BCUT2D eigenvalue weighted by Gasteiger charge is -2.39. The third-order valence-corrected chi connectivity index (χ3v) is 3.76. The van der Waals surface area contributed by atoms with Crippen LogP contribution >= 0.6 is 0 Å². The number of carboxylic acid groups (broad SMARTS) is 1. The Labute approximate surface area is 141 Å². The number of carboxylic acids is 1. The van der Waals surface area contributed by atoms with Crippen LogP contribution in [-0.2, 0) is 16.1 Å². The molecule has 0 aromatic carbocycles. The van der Waals surface area contributed by atoms with Gasteiger partial charge in [0.1, 0.15) is 30.5 Å². The summed E-state index contributed by atoms with van der Waals surface area (Å²) >= 11 is 0. The van der Waals surface area contributed by atoms with Crippen molar-refractivity contribution in [3.63, 3.8) is 0 Å². The molecule has 1 saturated heterocycles. The molecular formula is C14H20N2O9. The molecule has 11 nitrogen and oxygen atoms in total. The number of nitrogens with zero attached hydrogens (tertiary/aromatic N) is 1. The zero-order valence-electron chi connectivity index (χ0n) is 13.0. The summed E-state index contributed by atoms with van der Waals surface area (Å²) < 4.78 is 11.7. The molecule has 25 heavy (non-hydrogen) atoms. The van der Waals surface area contributed by atoms with Crippen LogP contribution in [0.15, 0.2) is 23.3 Å². The van der Waals surface area contributed by atoms with Crippen LogP contribution in [-0.4, -0.2) is 79.4 Å². The van der Waals surface area contributed by atoms with Crippen molar-refractivity contribution in [1.29, 1.82) is 0 Å². The Morgan fingerprint density at radius 1 is 1.32 bits per heavy atom. The fraction of sp³-hybridized carbons (Fsp3) is 0.571. The Morgan fingerprint density at radius 3 is 2.60 bits per heavy atom. The second kappa shape index (κ2) is 7.91. The second-order valence-electron chi connectivity index (χ2n) is 5.63. The minimum absolute atomic E-state index is 0.138. The molecule has 6 unspecified atom stereocenters. The van der Waals surface area contributed by atoms with Crippen LogP contribution in [0.25, 0.3) is 0 Å². The van der Waals surface area contributed by atoms with Gasteiger partial charge < -0.3 is 45.3 Å². The summed E-state index contributed by atoms with van der Waals surface area (Å²) in [7, 11) is 0. The van der Waals surface area contributed by atoms with Gasteiger partial charge in [0.05, 0.1) is 12.8 Å². The summed E-state index contributed by atoms with van der Waals surface area (Å²) in [5.41, 5.74) is 4.83. The van der Waals surface area contributed by atoms with Gasteiger partial charge in [0.15, 0.2) is 5.75 Å². The maximum absolute atomic E-state index is 11.9. The van der Waals surface area contributed by atoms with E-state index in [-0.39, 0.29) is 12.3 Å². The first-order valence-corrected chi connectivity index (χ1v) is 7.40. The lowest BCUT2D eigenvalue weighted by molar-refractivity contribution is -0.277. The van der Waals surface area contributed by atoms with E-state index < -0.39 is 54.8 Å². The quantitative estimate of drug-likeness (QED) is 0.296. The zero-order chi connectivity index (χ0) is 18.7. The summed E-state index contributed by atoms with van der Waals surface area (Å²) in [4.78, 5) is 22.7. The van der Waals surface area contributed by atoms with Crippen LogP contribution in [0.4, 0.5) is 0 Å². The molecule has 0 aliphatic carbocycles. The topological polar surface area (TPSA) is 185 Å². The van der Waals surface area contributed by atoms with E-state index in [2.05, 4.69) is 0 Å². The Hall–Kier alpha value is -2.02. The molecule has 1 aromatic heterocycles. The third-order valence-electron chi connectivity index (χ3n) is 3.76. The number of aliphatic hydroxyl groups excluding tert-OH is 4. The smallest absolute Gasteiger partial charge is 0.322 e. The van der Waals surface area contributed by atoms with Crippen molar-refractivity contribution < 1.29 is 39.8 Å². The maximum atomic E-state index is 11.9. The Kier molecular flexibility index (Phi) is 6.11. The van der Waals surface area contributed by atoms with Crippen LogP contribution in [0.1, 0.15) is 0 Å².